The first-order chi connectivity index (χ1) is 11.2. The largest absolute Gasteiger partial charge is 0.483 e. The predicted molar refractivity (Wildman–Crippen MR) is 93.9 cm³/mol. The van der Waals surface area contributed by atoms with Crippen molar-refractivity contribution in [2.75, 3.05) is 11.9 Å². The minimum absolute atomic E-state index is 0.0873. The number of anilines is 1. The number of ether oxygens (including phenoxy) is 1. The van der Waals surface area contributed by atoms with Crippen molar-refractivity contribution in [3.8, 4) is 11.8 Å². The Balaban J connectivity index is 1.68. The lowest BCUT2D eigenvalue weighted by Gasteiger charge is -2.09. The van der Waals surface area contributed by atoms with E-state index < -0.39 is 0 Å². The van der Waals surface area contributed by atoms with Gasteiger partial charge < -0.3 is 10.1 Å². The molecule has 23 heavy (non-hydrogen) atoms. The molecule has 1 heterocycles. The number of benzene rings is 1. The number of carbonyl (C=O) groups is 1. The normalized spacial score (nSPS) is 13.0. The van der Waals surface area contributed by atoms with E-state index in [0.29, 0.717) is 16.3 Å². The van der Waals surface area contributed by atoms with Gasteiger partial charge in [0, 0.05) is 4.88 Å². The van der Waals surface area contributed by atoms with Crippen molar-refractivity contribution in [1.29, 1.82) is 5.26 Å². The van der Waals surface area contributed by atoms with Crippen LogP contribution in [0.4, 0.5) is 5.00 Å². The molecule has 0 aliphatic heterocycles. The van der Waals surface area contributed by atoms with Crippen LogP contribution in [0.2, 0.25) is 0 Å². The lowest BCUT2D eigenvalue weighted by atomic mass is 9.96. The summed E-state index contributed by atoms with van der Waals surface area (Å²) in [5.41, 5.74) is 1.74. The Morgan fingerprint density at radius 3 is 2.91 bits per heavy atom. The number of rotatable bonds is 4. The molecule has 1 aromatic carbocycles. The van der Waals surface area contributed by atoms with Crippen molar-refractivity contribution in [2.24, 2.45) is 0 Å². The molecule has 0 saturated heterocycles. The van der Waals surface area contributed by atoms with Crippen LogP contribution in [-0.4, -0.2) is 12.5 Å². The number of nitrogens with zero attached hydrogens (tertiary/aromatic N) is 1. The highest BCUT2D eigenvalue weighted by atomic mass is 79.9. The molecule has 4 nitrogen and oxygen atoms in total. The van der Waals surface area contributed by atoms with Crippen LogP contribution in [0.1, 0.15) is 28.8 Å². The Bertz CT molecular complexity index is 779. The summed E-state index contributed by atoms with van der Waals surface area (Å²) in [5.74, 6) is 0.365. The van der Waals surface area contributed by atoms with Crippen LogP contribution >= 0.6 is 27.3 Å². The van der Waals surface area contributed by atoms with Gasteiger partial charge in [-0.1, -0.05) is 12.1 Å². The van der Waals surface area contributed by atoms with Crippen LogP contribution < -0.4 is 10.1 Å². The predicted octanol–water partition coefficient (Wildman–Crippen LogP) is 4.28. The van der Waals surface area contributed by atoms with E-state index in [9.17, 15) is 10.1 Å². The summed E-state index contributed by atoms with van der Waals surface area (Å²) in [6.45, 7) is -0.0873. The zero-order valence-electron chi connectivity index (χ0n) is 12.4. The van der Waals surface area contributed by atoms with E-state index in [1.165, 1.54) is 16.2 Å². The Hall–Kier alpha value is -1.84. The molecule has 3 rings (SSSR count). The molecule has 1 aliphatic rings. The Kier molecular flexibility index (Phi) is 4.99. The zero-order valence-corrected chi connectivity index (χ0v) is 14.8. The fourth-order valence-electron chi connectivity index (χ4n) is 2.64. The molecule has 1 aromatic heterocycles. The summed E-state index contributed by atoms with van der Waals surface area (Å²) in [4.78, 5) is 13.4. The summed E-state index contributed by atoms with van der Waals surface area (Å²) >= 11 is 4.90. The third-order valence-corrected chi connectivity index (χ3v) is 5.59. The molecule has 0 unspecified atom stereocenters. The van der Waals surface area contributed by atoms with Crippen LogP contribution in [0.15, 0.2) is 28.7 Å². The van der Waals surface area contributed by atoms with Gasteiger partial charge in [0.05, 0.1) is 10.0 Å². The summed E-state index contributed by atoms with van der Waals surface area (Å²) in [6, 6.07) is 9.62. The third kappa shape index (κ3) is 3.57. The maximum Gasteiger partial charge on any atom is 0.262 e. The van der Waals surface area contributed by atoms with Gasteiger partial charge in [-0.15, -0.1) is 11.3 Å². The van der Waals surface area contributed by atoms with Gasteiger partial charge in [-0.05, 0) is 59.3 Å². The van der Waals surface area contributed by atoms with Gasteiger partial charge in [-0.25, -0.2) is 0 Å². The molecule has 0 fully saturated rings. The van der Waals surface area contributed by atoms with Crippen molar-refractivity contribution in [3.63, 3.8) is 0 Å². The minimum Gasteiger partial charge on any atom is -0.483 e. The number of aryl methyl sites for hydroxylation is 1. The van der Waals surface area contributed by atoms with Crippen molar-refractivity contribution in [1.82, 2.24) is 0 Å². The first kappa shape index (κ1) is 16.0. The number of amides is 1. The molecule has 2 aromatic rings. The van der Waals surface area contributed by atoms with Crippen molar-refractivity contribution < 1.29 is 9.53 Å². The van der Waals surface area contributed by atoms with Crippen LogP contribution in [-0.2, 0) is 17.6 Å². The van der Waals surface area contributed by atoms with Crippen molar-refractivity contribution >= 4 is 38.2 Å². The Labute approximate surface area is 147 Å². The van der Waals surface area contributed by atoms with Crippen molar-refractivity contribution in [3.05, 3.63) is 44.7 Å². The first-order valence-electron chi connectivity index (χ1n) is 7.41. The van der Waals surface area contributed by atoms with E-state index in [0.717, 1.165) is 35.7 Å². The average molecular weight is 391 g/mol. The topological polar surface area (TPSA) is 62.1 Å². The Morgan fingerprint density at radius 2 is 2.13 bits per heavy atom. The van der Waals surface area contributed by atoms with Crippen LogP contribution in [0.25, 0.3) is 0 Å². The number of thiophene rings is 1. The monoisotopic (exact) mass is 390 g/mol. The highest BCUT2D eigenvalue weighted by molar-refractivity contribution is 9.10. The number of halogens is 1. The lowest BCUT2D eigenvalue weighted by Crippen LogP contribution is -2.20. The summed E-state index contributed by atoms with van der Waals surface area (Å²) < 4.78 is 6.31. The van der Waals surface area contributed by atoms with Crippen LogP contribution in [0.3, 0.4) is 0 Å². The molecule has 0 radical (unpaired) electrons. The third-order valence-electron chi connectivity index (χ3n) is 3.73. The number of fused-ring (bicyclic) bond motifs is 1. The molecule has 0 spiro atoms. The van der Waals surface area contributed by atoms with Gasteiger partial charge >= 0.3 is 0 Å². The summed E-state index contributed by atoms with van der Waals surface area (Å²) in [5, 5.41) is 12.9. The van der Waals surface area contributed by atoms with Crippen LogP contribution in [0.5, 0.6) is 5.75 Å². The second kappa shape index (κ2) is 7.16. The van der Waals surface area contributed by atoms with E-state index in [4.69, 9.17) is 4.74 Å². The maximum absolute atomic E-state index is 12.1. The SMILES string of the molecule is N#Cc1c(NC(=O)COc2ccccc2Br)sc2c1CCCC2. The van der Waals surface area contributed by atoms with E-state index in [2.05, 4.69) is 27.3 Å². The average Bonchev–Trinajstić information content (AvgIpc) is 2.91. The molecule has 1 amide bonds. The molecule has 0 atom stereocenters. The standard InChI is InChI=1S/C17H15BrN2O2S/c18-13-6-2-3-7-14(13)22-10-16(21)20-17-12(9-19)11-5-1-4-8-15(11)23-17/h2-3,6-7H,1,4-5,8,10H2,(H,20,21). The number of hydrogen-bond donors (Lipinski definition) is 1. The molecule has 0 bridgehead atoms. The second-order valence-corrected chi connectivity index (χ2v) is 7.25. The van der Waals surface area contributed by atoms with E-state index in [1.807, 2.05) is 18.2 Å². The second-order valence-electron chi connectivity index (χ2n) is 5.29. The number of nitriles is 1. The quantitative estimate of drug-likeness (QED) is 0.846. The molecular weight excluding hydrogens is 376 g/mol. The minimum atomic E-state index is -0.254. The molecule has 6 heteroatoms. The van der Waals surface area contributed by atoms with E-state index >= 15 is 0 Å². The fraction of sp³-hybridized carbons (Fsp3) is 0.294. The first-order valence-corrected chi connectivity index (χ1v) is 9.02. The number of hydrogen-bond acceptors (Lipinski definition) is 4. The summed E-state index contributed by atoms with van der Waals surface area (Å²) in [6.07, 6.45) is 4.18. The lowest BCUT2D eigenvalue weighted by molar-refractivity contribution is -0.118. The number of para-hydroxylation sites is 1. The zero-order chi connectivity index (χ0) is 16.2. The highest BCUT2D eigenvalue weighted by Crippen LogP contribution is 2.37. The van der Waals surface area contributed by atoms with Gasteiger partial charge in [-0.3, -0.25) is 4.79 Å². The maximum atomic E-state index is 12.1. The van der Waals surface area contributed by atoms with Gasteiger partial charge in [0.2, 0.25) is 0 Å². The molecule has 1 aliphatic carbocycles. The smallest absolute Gasteiger partial charge is 0.262 e. The fourth-order valence-corrected chi connectivity index (χ4v) is 4.30. The van der Waals surface area contributed by atoms with Crippen LogP contribution in [0, 0.1) is 11.3 Å². The highest BCUT2D eigenvalue weighted by Gasteiger charge is 2.21. The van der Waals surface area contributed by atoms with Gasteiger partial charge in [0.1, 0.15) is 16.8 Å². The molecule has 0 saturated carbocycles. The number of nitrogens with one attached hydrogen (secondary N) is 1. The van der Waals surface area contributed by atoms with Gasteiger partial charge in [0.25, 0.3) is 5.91 Å². The van der Waals surface area contributed by atoms with Crippen molar-refractivity contribution in [2.45, 2.75) is 25.7 Å². The van der Waals surface area contributed by atoms with Gasteiger partial charge in [0.15, 0.2) is 6.61 Å². The summed E-state index contributed by atoms with van der Waals surface area (Å²) in [7, 11) is 0. The van der Waals surface area contributed by atoms with E-state index in [-0.39, 0.29) is 12.5 Å². The molecule has 118 valence electrons. The van der Waals surface area contributed by atoms with E-state index in [1.54, 1.807) is 6.07 Å². The Morgan fingerprint density at radius 1 is 1.35 bits per heavy atom. The number of carbonyl (C=O) groups excluding carboxylic acids is 1. The van der Waals surface area contributed by atoms with Gasteiger partial charge in [-0.2, -0.15) is 5.26 Å². The molecular formula is C17H15BrN2O2S. The molecule has 1 N–H and O–H groups in total.